The van der Waals surface area contributed by atoms with E-state index in [2.05, 4.69) is 31.1 Å². The normalized spacial score (nSPS) is 26.7. The summed E-state index contributed by atoms with van der Waals surface area (Å²) in [4.78, 5) is 2.23. The monoisotopic (exact) mass is 280 g/mol. The Morgan fingerprint density at radius 3 is 2.26 bits per heavy atom. The van der Waals surface area contributed by atoms with E-state index in [1.165, 1.54) is 0 Å². The second-order valence-electron chi connectivity index (χ2n) is 5.92. The maximum atomic E-state index is 12.5. The van der Waals surface area contributed by atoms with E-state index in [4.69, 9.17) is 0 Å². The lowest BCUT2D eigenvalue weighted by Gasteiger charge is -2.31. The van der Waals surface area contributed by atoms with E-state index in [1.54, 1.807) is 0 Å². The Balaban J connectivity index is 2.19. The minimum atomic E-state index is -3.99. The average molecular weight is 280 g/mol. The first-order valence-electron chi connectivity index (χ1n) is 7.31. The molecule has 1 N–H and O–H groups in total. The van der Waals surface area contributed by atoms with Crippen molar-refractivity contribution in [1.82, 2.24) is 10.2 Å². The molecule has 1 unspecified atom stereocenters. The molecule has 0 saturated heterocycles. The van der Waals surface area contributed by atoms with Crippen molar-refractivity contribution in [2.75, 3.05) is 26.7 Å². The highest BCUT2D eigenvalue weighted by Crippen LogP contribution is 2.39. The number of hydrogen-bond donors (Lipinski definition) is 1. The highest BCUT2D eigenvalue weighted by Gasteiger charge is 2.41. The van der Waals surface area contributed by atoms with Gasteiger partial charge < -0.3 is 10.2 Å². The van der Waals surface area contributed by atoms with Crippen LogP contribution in [-0.4, -0.2) is 43.8 Å². The Kier molecular flexibility index (Phi) is 6.60. The molecule has 0 aliphatic heterocycles. The molecule has 1 atom stereocenters. The van der Waals surface area contributed by atoms with E-state index in [-0.39, 0.29) is 0 Å². The molecular weight excluding hydrogens is 253 g/mol. The zero-order chi connectivity index (χ0) is 14.5. The molecule has 0 heterocycles. The van der Waals surface area contributed by atoms with Crippen molar-refractivity contribution in [3.8, 4) is 0 Å². The average Bonchev–Trinajstić information content (AvgIpc) is 2.35. The van der Waals surface area contributed by atoms with Gasteiger partial charge in [0, 0.05) is 12.6 Å². The largest absolute Gasteiger partial charge is 0.391 e. The quantitative estimate of drug-likeness (QED) is 0.803. The van der Waals surface area contributed by atoms with Crippen molar-refractivity contribution in [3.63, 3.8) is 0 Å². The summed E-state index contributed by atoms with van der Waals surface area (Å²) >= 11 is 0. The van der Waals surface area contributed by atoms with Crippen LogP contribution in [0.3, 0.4) is 0 Å². The fraction of sp³-hybridized carbons (Fsp3) is 1.00. The molecule has 0 aromatic rings. The van der Waals surface area contributed by atoms with E-state index in [0.29, 0.717) is 37.6 Å². The molecule has 5 heteroatoms. The van der Waals surface area contributed by atoms with Gasteiger partial charge in [-0.2, -0.15) is 13.2 Å². The Bertz CT molecular complexity index is 248. The van der Waals surface area contributed by atoms with Gasteiger partial charge in [0.25, 0.3) is 0 Å². The van der Waals surface area contributed by atoms with Crippen molar-refractivity contribution in [2.24, 2.45) is 11.8 Å². The van der Waals surface area contributed by atoms with E-state index >= 15 is 0 Å². The highest BCUT2D eigenvalue weighted by molar-refractivity contribution is 4.79. The van der Waals surface area contributed by atoms with Crippen LogP contribution in [0.15, 0.2) is 0 Å². The topological polar surface area (TPSA) is 15.3 Å². The maximum absolute atomic E-state index is 12.5. The lowest BCUT2D eigenvalue weighted by atomic mass is 9.81. The number of nitrogens with one attached hydrogen (secondary N) is 1. The number of nitrogens with zero attached hydrogens (tertiary/aromatic N) is 1. The van der Waals surface area contributed by atoms with Gasteiger partial charge in [-0.05, 0) is 58.7 Å². The summed E-state index contributed by atoms with van der Waals surface area (Å²) in [6.45, 7) is 7.10. The summed E-state index contributed by atoms with van der Waals surface area (Å²) < 4.78 is 37.6. The third kappa shape index (κ3) is 6.13. The Morgan fingerprint density at radius 2 is 1.79 bits per heavy atom. The van der Waals surface area contributed by atoms with Gasteiger partial charge >= 0.3 is 6.18 Å². The van der Waals surface area contributed by atoms with Gasteiger partial charge in [-0.25, -0.2) is 0 Å². The first-order valence-corrected chi connectivity index (χ1v) is 7.31. The van der Waals surface area contributed by atoms with E-state index in [0.717, 1.165) is 19.6 Å². The van der Waals surface area contributed by atoms with Gasteiger partial charge in [-0.1, -0.05) is 6.92 Å². The smallest absolute Gasteiger partial charge is 0.313 e. The van der Waals surface area contributed by atoms with Gasteiger partial charge in [-0.3, -0.25) is 0 Å². The van der Waals surface area contributed by atoms with E-state index in [9.17, 15) is 13.2 Å². The summed E-state index contributed by atoms with van der Waals surface area (Å²) in [5, 5.41) is 3.45. The molecule has 1 rings (SSSR count). The summed E-state index contributed by atoms with van der Waals surface area (Å²) in [7, 11) is 2.08. The molecule has 0 radical (unpaired) electrons. The van der Waals surface area contributed by atoms with Gasteiger partial charge in [0.15, 0.2) is 0 Å². The molecular formula is C14H27F3N2. The number of rotatable bonds is 6. The maximum Gasteiger partial charge on any atom is 0.391 e. The fourth-order valence-corrected chi connectivity index (χ4v) is 2.72. The minimum absolute atomic E-state index is 0.305. The summed E-state index contributed by atoms with van der Waals surface area (Å²) in [6, 6.07) is 0.394. The fourth-order valence-electron chi connectivity index (χ4n) is 2.72. The molecule has 1 saturated carbocycles. The van der Waals surface area contributed by atoms with Gasteiger partial charge in [0.05, 0.1) is 5.92 Å². The number of halogens is 3. The summed E-state index contributed by atoms with van der Waals surface area (Å²) in [5.41, 5.74) is 0. The van der Waals surface area contributed by atoms with Crippen molar-refractivity contribution in [3.05, 3.63) is 0 Å². The molecule has 0 aromatic carbocycles. The Hall–Kier alpha value is -0.290. The van der Waals surface area contributed by atoms with Crippen molar-refractivity contribution in [2.45, 2.75) is 51.7 Å². The molecule has 1 fully saturated rings. The molecule has 114 valence electrons. The van der Waals surface area contributed by atoms with Crippen LogP contribution in [0.4, 0.5) is 13.2 Å². The van der Waals surface area contributed by atoms with Crippen LogP contribution >= 0.6 is 0 Å². The van der Waals surface area contributed by atoms with Crippen LogP contribution in [0.5, 0.6) is 0 Å². The predicted molar refractivity (Wildman–Crippen MR) is 72.1 cm³/mol. The van der Waals surface area contributed by atoms with E-state index in [1.807, 2.05) is 0 Å². The van der Waals surface area contributed by atoms with Crippen molar-refractivity contribution in [1.29, 1.82) is 0 Å². The first kappa shape index (κ1) is 16.8. The van der Waals surface area contributed by atoms with E-state index < -0.39 is 12.1 Å². The molecule has 0 spiro atoms. The summed E-state index contributed by atoms with van der Waals surface area (Å²) in [6.07, 6.45) is -1.98. The van der Waals surface area contributed by atoms with Crippen LogP contribution in [0.2, 0.25) is 0 Å². The Morgan fingerprint density at radius 1 is 1.21 bits per heavy atom. The van der Waals surface area contributed by atoms with Crippen LogP contribution in [0.25, 0.3) is 0 Å². The lowest BCUT2D eigenvalue weighted by molar-refractivity contribution is -0.183. The molecule has 0 aromatic heterocycles. The SMILES string of the molecule is CCN(C)CC(C)NCC1CCC(C(F)(F)F)CC1. The van der Waals surface area contributed by atoms with Gasteiger partial charge in [0.2, 0.25) is 0 Å². The highest BCUT2D eigenvalue weighted by atomic mass is 19.4. The van der Waals surface area contributed by atoms with Crippen LogP contribution in [0.1, 0.15) is 39.5 Å². The third-order valence-electron chi connectivity index (χ3n) is 4.19. The van der Waals surface area contributed by atoms with Gasteiger partial charge in [0.1, 0.15) is 0 Å². The molecule has 0 bridgehead atoms. The number of likely N-dealkylation sites (N-methyl/N-ethyl adjacent to an activating group) is 1. The number of hydrogen-bond acceptors (Lipinski definition) is 2. The van der Waals surface area contributed by atoms with Gasteiger partial charge in [-0.15, -0.1) is 0 Å². The molecule has 2 nitrogen and oxygen atoms in total. The molecule has 19 heavy (non-hydrogen) atoms. The standard InChI is InChI=1S/C14H27F3N2/c1-4-19(3)10-11(2)18-9-12-5-7-13(8-6-12)14(15,16)17/h11-13,18H,4-10H2,1-3H3. The minimum Gasteiger partial charge on any atom is -0.313 e. The molecule has 1 aliphatic rings. The van der Waals surface area contributed by atoms with Crippen LogP contribution in [-0.2, 0) is 0 Å². The second-order valence-corrected chi connectivity index (χ2v) is 5.92. The zero-order valence-corrected chi connectivity index (χ0v) is 12.3. The van der Waals surface area contributed by atoms with Crippen LogP contribution in [0, 0.1) is 11.8 Å². The molecule has 1 aliphatic carbocycles. The third-order valence-corrected chi connectivity index (χ3v) is 4.19. The second kappa shape index (κ2) is 7.48. The van der Waals surface area contributed by atoms with Crippen molar-refractivity contribution < 1.29 is 13.2 Å². The first-order chi connectivity index (χ1) is 8.82. The van der Waals surface area contributed by atoms with Crippen LogP contribution < -0.4 is 5.32 Å². The van der Waals surface area contributed by atoms with Crippen molar-refractivity contribution >= 4 is 0 Å². The zero-order valence-electron chi connectivity index (χ0n) is 12.3. The Labute approximate surface area is 114 Å². The predicted octanol–water partition coefficient (Wildman–Crippen LogP) is 3.28. The number of alkyl halides is 3. The lowest BCUT2D eigenvalue weighted by Crippen LogP contribution is -2.40. The summed E-state index contributed by atoms with van der Waals surface area (Å²) in [5.74, 6) is -0.652. The molecule has 0 amide bonds.